The Morgan fingerprint density at radius 1 is 1.44 bits per heavy atom. The Hall–Kier alpha value is -1.35. The molecular formula is C7H12F3NO5. The van der Waals surface area contributed by atoms with Gasteiger partial charge in [0, 0.05) is 0 Å². The Kier molecular flexibility index (Phi) is 8.40. The predicted molar refractivity (Wildman–Crippen MR) is 45.6 cm³/mol. The first-order valence-electron chi connectivity index (χ1n) is 3.86. The molecule has 9 heteroatoms. The zero-order valence-electron chi connectivity index (χ0n) is 8.54. The van der Waals surface area contributed by atoms with E-state index >= 15 is 0 Å². The predicted octanol–water partition coefficient (Wildman–Crippen LogP) is -0.627. The topological polar surface area (TPSA) is 95.9 Å². The van der Waals surface area contributed by atoms with Crippen LogP contribution in [0.15, 0.2) is 0 Å². The third-order valence-electron chi connectivity index (χ3n) is 1.26. The molecule has 0 radical (unpaired) electrons. The first kappa shape index (κ1) is 17.1. The third-order valence-corrected chi connectivity index (χ3v) is 1.26. The molecule has 0 aromatic rings. The normalized spacial score (nSPS) is 12.1. The number of hydrogen-bond acceptors (Lipinski definition) is 5. The molecule has 0 aliphatic carbocycles. The van der Waals surface area contributed by atoms with Gasteiger partial charge in [-0.15, -0.1) is 0 Å². The van der Waals surface area contributed by atoms with Crippen molar-refractivity contribution in [3.8, 4) is 0 Å². The molecule has 0 aliphatic heterocycles. The molecule has 0 bridgehead atoms. The van der Waals surface area contributed by atoms with Crippen molar-refractivity contribution in [3.63, 3.8) is 0 Å². The number of hydrogen-bond donors (Lipinski definition) is 3. The summed E-state index contributed by atoms with van der Waals surface area (Å²) in [5.74, 6) is -3.20. The van der Waals surface area contributed by atoms with Gasteiger partial charge in [-0.2, -0.15) is 13.2 Å². The van der Waals surface area contributed by atoms with Gasteiger partial charge >= 0.3 is 18.1 Å². The number of alkyl halides is 3. The number of likely N-dealkylation sites (N-methyl/N-ethyl adjacent to an activating group) is 1. The van der Waals surface area contributed by atoms with Crippen LogP contribution in [0, 0.1) is 0 Å². The highest BCUT2D eigenvalue weighted by molar-refractivity contribution is 5.75. The molecule has 0 aliphatic rings. The molecule has 6 nitrogen and oxygen atoms in total. The molecule has 0 saturated carbocycles. The van der Waals surface area contributed by atoms with Crippen molar-refractivity contribution in [1.29, 1.82) is 0 Å². The molecule has 1 atom stereocenters. The van der Waals surface area contributed by atoms with Crippen molar-refractivity contribution in [1.82, 2.24) is 5.32 Å². The maximum atomic E-state index is 10.6. The highest BCUT2D eigenvalue weighted by Gasteiger charge is 2.38. The van der Waals surface area contributed by atoms with Crippen LogP contribution in [0.3, 0.4) is 0 Å². The SMILES string of the molecule is CN[C@@H](CO)C(=O)OC.O=C(O)C(F)(F)F. The van der Waals surface area contributed by atoms with Crippen LogP contribution in [0.1, 0.15) is 0 Å². The maximum Gasteiger partial charge on any atom is 0.490 e. The summed E-state index contributed by atoms with van der Waals surface area (Å²) in [7, 11) is 2.86. The molecule has 0 saturated heterocycles. The van der Waals surface area contributed by atoms with Gasteiger partial charge in [-0.3, -0.25) is 4.79 Å². The van der Waals surface area contributed by atoms with Gasteiger partial charge < -0.3 is 20.3 Å². The van der Waals surface area contributed by atoms with E-state index in [2.05, 4.69) is 10.1 Å². The van der Waals surface area contributed by atoms with Crippen LogP contribution < -0.4 is 5.32 Å². The van der Waals surface area contributed by atoms with Crippen LogP contribution in [0.25, 0.3) is 0 Å². The molecule has 16 heavy (non-hydrogen) atoms. The van der Waals surface area contributed by atoms with Crippen molar-refractivity contribution < 1.29 is 37.7 Å². The standard InChI is InChI=1S/C5H11NO3.C2HF3O2/c1-6-4(3-7)5(8)9-2;3-2(4,5)1(6)7/h4,6-7H,3H2,1-2H3;(H,6,7)/t4-;/m0./s1. The van der Waals surface area contributed by atoms with Gasteiger partial charge in [0.1, 0.15) is 6.04 Å². The van der Waals surface area contributed by atoms with Crippen LogP contribution in [0.2, 0.25) is 0 Å². The van der Waals surface area contributed by atoms with Crippen molar-refractivity contribution in [2.24, 2.45) is 0 Å². The number of aliphatic hydroxyl groups is 1. The van der Waals surface area contributed by atoms with Gasteiger partial charge in [-0.25, -0.2) is 4.79 Å². The van der Waals surface area contributed by atoms with E-state index in [1.165, 1.54) is 7.11 Å². The molecule has 0 aromatic carbocycles. The van der Waals surface area contributed by atoms with E-state index in [0.717, 1.165) is 0 Å². The molecule has 0 amide bonds. The number of carbonyl (C=O) groups excluding carboxylic acids is 1. The fourth-order valence-corrected chi connectivity index (χ4v) is 0.426. The Morgan fingerprint density at radius 2 is 1.81 bits per heavy atom. The van der Waals surface area contributed by atoms with Crippen LogP contribution in [0.4, 0.5) is 13.2 Å². The zero-order valence-corrected chi connectivity index (χ0v) is 8.54. The number of carboxylic acid groups (broad SMARTS) is 1. The van der Waals surface area contributed by atoms with Crippen LogP contribution in [-0.4, -0.2) is 55.1 Å². The van der Waals surface area contributed by atoms with Gasteiger partial charge in [-0.1, -0.05) is 0 Å². The van der Waals surface area contributed by atoms with Gasteiger partial charge in [0.05, 0.1) is 13.7 Å². The zero-order chi connectivity index (χ0) is 13.4. The lowest BCUT2D eigenvalue weighted by Crippen LogP contribution is -2.37. The number of carbonyl (C=O) groups is 2. The average Bonchev–Trinajstić information content (AvgIpc) is 2.18. The van der Waals surface area contributed by atoms with Crippen LogP contribution in [0.5, 0.6) is 0 Å². The Labute approximate surface area is 89.0 Å². The summed E-state index contributed by atoms with van der Waals surface area (Å²) in [4.78, 5) is 19.4. The van der Waals surface area contributed by atoms with Crippen LogP contribution in [-0.2, 0) is 14.3 Å². The smallest absolute Gasteiger partial charge is 0.475 e. The number of ether oxygens (including phenoxy) is 1. The van der Waals surface area contributed by atoms with Crippen molar-refractivity contribution in [3.05, 3.63) is 0 Å². The fourth-order valence-electron chi connectivity index (χ4n) is 0.426. The summed E-state index contributed by atoms with van der Waals surface area (Å²) in [6.07, 6.45) is -5.08. The van der Waals surface area contributed by atoms with E-state index in [1.807, 2.05) is 0 Å². The molecule has 3 N–H and O–H groups in total. The van der Waals surface area contributed by atoms with E-state index in [-0.39, 0.29) is 6.61 Å². The maximum absolute atomic E-state index is 10.6. The summed E-state index contributed by atoms with van der Waals surface area (Å²) in [5, 5.41) is 18.2. The molecule has 0 unspecified atom stereocenters. The largest absolute Gasteiger partial charge is 0.490 e. The van der Waals surface area contributed by atoms with Crippen molar-refractivity contribution in [2.75, 3.05) is 20.8 Å². The lowest BCUT2D eigenvalue weighted by molar-refractivity contribution is -0.192. The number of nitrogens with one attached hydrogen (secondary N) is 1. The quantitative estimate of drug-likeness (QED) is 0.575. The number of halogens is 3. The summed E-state index contributed by atoms with van der Waals surface area (Å²) >= 11 is 0. The number of carboxylic acids is 1. The minimum atomic E-state index is -5.08. The average molecular weight is 247 g/mol. The van der Waals surface area contributed by atoms with E-state index in [0.29, 0.717) is 0 Å². The molecule has 0 aromatic heterocycles. The van der Waals surface area contributed by atoms with Gasteiger partial charge in [-0.05, 0) is 7.05 Å². The second kappa shape index (κ2) is 7.88. The monoisotopic (exact) mass is 247 g/mol. The second-order valence-electron chi connectivity index (χ2n) is 2.35. The van der Waals surface area contributed by atoms with E-state index in [9.17, 15) is 18.0 Å². The third kappa shape index (κ3) is 8.00. The fraction of sp³-hybridized carbons (Fsp3) is 0.714. The second-order valence-corrected chi connectivity index (χ2v) is 2.35. The molecule has 96 valence electrons. The van der Waals surface area contributed by atoms with Gasteiger partial charge in [0.15, 0.2) is 0 Å². The van der Waals surface area contributed by atoms with E-state index in [4.69, 9.17) is 15.0 Å². The molecular weight excluding hydrogens is 235 g/mol. The lowest BCUT2D eigenvalue weighted by Gasteiger charge is -2.08. The van der Waals surface area contributed by atoms with E-state index in [1.54, 1.807) is 7.05 Å². The van der Waals surface area contributed by atoms with Crippen molar-refractivity contribution >= 4 is 11.9 Å². The highest BCUT2D eigenvalue weighted by atomic mass is 19.4. The lowest BCUT2D eigenvalue weighted by atomic mass is 10.3. The van der Waals surface area contributed by atoms with Crippen molar-refractivity contribution in [2.45, 2.75) is 12.2 Å². The minimum absolute atomic E-state index is 0.233. The number of methoxy groups -OCH3 is 1. The Bertz CT molecular complexity index is 227. The molecule has 0 rings (SSSR count). The molecule has 0 heterocycles. The van der Waals surface area contributed by atoms with Gasteiger partial charge in [0.25, 0.3) is 0 Å². The summed E-state index contributed by atoms with van der Waals surface area (Å²) < 4.78 is 36.1. The number of esters is 1. The van der Waals surface area contributed by atoms with Crippen LogP contribution >= 0.6 is 0 Å². The van der Waals surface area contributed by atoms with E-state index < -0.39 is 24.2 Å². The molecule has 0 spiro atoms. The number of aliphatic hydroxyl groups excluding tert-OH is 1. The first-order valence-corrected chi connectivity index (χ1v) is 3.86. The summed E-state index contributed by atoms with van der Waals surface area (Å²) in [6, 6.07) is -0.588. The number of rotatable bonds is 3. The Morgan fingerprint density at radius 3 is 1.88 bits per heavy atom. The Balaban J connectivity index is 0. The highest BCUT2D eigenvalue weighted by Crippen LogP contribution is 2.13. The number of aliphatic carboxylic acids is 1. The van der Waals surface area contributed by atoms with Gasteiger partial charge in [0.2, 0.25) is 0 Å². The first-order chi connectivity index (χ1) is 7.20. The summed E-state index contributed by atoms with van der Waals surface area (Å²) in [6.45, 7) is -0.233. The summed E-state index contributed by atoms with van der Waals surface area (Å²) in [5.41, 5.74) is 0. The molecule has 0 fully saturated rings. The minimum Gasteiger partial charge on any atom is -0.475 e.